The van der Waals surface area contributed by atoms with Crippen molar-refractivity contribution in [1.82, 2.24) is 0 Å². The first kappa shape index (κ1) is 20.8. The van der Waals surface area contributed by atoms with Crippen molar-refractivity contribution in [2.75, 3.05) is 6.67 Å². The molecule has 0 aliphatic rings. The molecule has 0 N–H and O–H groups in total. The van der Waals surface area contributed by atoms with Gasteiger partial charge in [-0.1, -0.05) is 0 Å². The third-order valence-electron chi connectivity index (χ3n) is 2.48. The van der Waals surface area contributed by atoms with Crippen molar-refractivity contribution < 1.29 is 57.1 Å². The van der Waals surface area contributed by atoms with E-state index in [0.717, 1.165) is 0 Å². The number of halogens is 13. The van der Waals surface area contributed by atoms with E-state index < -0.39 is 54.9 Å². The van der Waals surface area contributed by atoms with Crippen LogP contribution in [0, 0.1) is 0 Å². The van der Waals surface area contributed by atoms with Crippen molar-refractivity contribution in [2.24, 2.45) is 0 Å². The molecule has 0 aliphatic carbocycles. The molecule has 22 heavy (non-hydrogen) atoms. The van der Waals surface area contributed by atoms with Gasteiger partial charge in [-0.2, -0.15) is 30.7 Å². The summed E-state index contributed by atoms with van der Waals surface area (Å²) in [5.74, 6) is -17.1. The quantitative estimate of drug-likeness (QED) is 0.564. The first-order valence-corrected chi connectivity index (χ1v) is 5.00. The van der Waals surface area contributed by atoms with E-state index >= 15 is 0 Å². The molecule has 2 atom stereocenters. The molecule has 0 aromatic carbocycles. The molecule has 0 amide bonds. The minimum absolute atomic E-state index is 2.43. The number of rotatable bonds is 6. The standard InChI is InChI=1S/C9H5F13/c10-2-1-6(15,16)8(19,9(20,21)22)7(17,18)4(12)3(11)5(13)14/h4H,1-2H2. The summed E-state index contributed by atoms with van der Waals surface area (Å²) in [5, 5.41) is 0. The number of hydrogen-bond acceptors (Lipinski definition) is 0. The van der Waals surface area contributed by atoms with Gasteiger partial charge in [0.2, 0.25) is 12.0 Å². The van der Waals surface area contributed by atoms with E-state index in [0.29, 0.717) is 0 Å². The molecule has 0 nitrogen and oxygen atoms in total. The van der Waals surface area contributed by atoms with Crippen LogP contribution in [0.15, 0.2) is 11.9 Å². The highest BCUT2D eigenvalue weighted by atomic mass is 19.4. The van der Waals surface area contributed by atoms with Gasteiger partial charge in [0.15, 0.2) is 0 Å². The van der Waals surface area contributed by atoms with Crippen LogP contribution in [0.3, 0.4) is 0 Å². The van der Waals surface area contributed by atoms with E-state index in [1.165, 1.54) is 0 Å². The van der Waals surface area contributed by atoms with Crippen LogP contribution in [0.4, 0.5) is 57.1 Å². The van der Waals surface area contributed by atoms with Crippen molar-refractivity contribution in [3.05, 3.63) is 11.9 Å². The fourth-order valence-corrected chi connectivity index (χ4v) is 1.36. The van der Waals surface area contributed by atoms with Gasteiger partial charge in [0.1, 0.15) is 0 Å². The maximum atomic E-state index is 13.4. The van der Waals surface area contributed by atoms with Crippen LogP contribution < -0.4 is 0 Å². The Bertz CT molecular complexity index is 418. The molecule has 0 aliphatic heterocycles. The predicted octanol–water partition coefficient (Wildman–Crippen LogP) is 5.30. The molecule has 132 valence electrons. The Kier molecular flexibility index (Phi) is 5.82. The van der Waals surface area contributed by atoms with Gasteiger partial charge in [-0.3, -0.25) is 4.39 Å². The third-order valence-corrected chi connectivity index (χ3v) is 2.48. The Balaban J connectivity index is 6.30. The maximum Gasteiger partial charge on any atom is 0.434 e. The fourth-order valence-electron chi connectivity index (χ4n) is 1.36. The summed E-state index contributed by atoms with van der Waals surface area (Å²) in [6, 6.07) is 0. The monoisotopic (exact) mass is 360 g/mol. The van der Waals surface area contributed by atoms with Crippen molar-refractivity contribution in [3.8, 4) is 0 Å². The van der Waals surface area contributed by atoms with Gasteiger partial charge in [-0.05, 0) is 0 Å². The van der Waals surface area contributed by atoms with Crippen LogP contribution in [0.25, 0.3) is 0 Å². The van der Waals surface area contributed by atoms with E-state index in [1.807, 2.05) is 0 Å². The average molecular weight is 360 g/mol. The Labute approximate surface area is 113 Å². The minimum Gasteiger partial charge on any atom is -0.251 e. The number of alkyl halides is 10. The molecule has 0 rings (SSSR count). The smallest absolute Gasteiger partial charge is 0.251 e. The second-order valence-corrected chi connectivity index (χ2v) is 3.89. The van der Waals surface area contributed by atoms with E-state index in [9.17, 15) is 57.1 Å². The normalized spacial score (nSPS) is 17.9. The molecule has 0 heterocycles. The summed E-state index contributed by atoms with van der Waals surface area (Å²) in [7, 11) is 0. The number of hydrogen-bond donors (Lipinski definition) is 0. The topological polar surface area (TPSA) is 0 Å². The second kappa shape index (κ2) is 6.14. The van der Waals surface area contributed by atoms with Crippen LogP contribution in [0.5, 0.6) is 0 Å². The first-order chi connectivity index (χ1) is 9.58. The van der Waals surface area contributed by atoms with Crippen molar-refractivity contribution in [2.45, 2.75) is 36.3 Å². The molecule has 0 spiro atoms. The minimum atomic E-state index is -7.23. The highest BCUT2D eigenvalue weighted by Gasteiger charge is 2.85. The van der Waals surface area contributed by atoms with Crippen LogP contribution in [0.1, 0.15) is 6.42 Å². The molecule has 0 bridgehead atoms. The third kappa shape index (κ3) is 3.12. The maximum absolute atomic E-state index is 13.4. The first-order valence-electron chi connectivity index (χ1n) is 5.00. The molecule has 0 aromatic heterocycles. The molecular formula is C9H5F13. The molecule has 2 unspecified atom stereocenters. The Hall–Kier alpha value is -1.17. The summed E-state index contributed by atoms with van der Waals surface area (Å²) < 4.78 is 163. The Morgan fingerprint density at radius 3 is 1.50 bits per heavy atom. The Morgan fingerprint density at radius 1 is 0.818 bits per heavy atom. The molecule has 0 saturated heterocycles. The van der Waals surface area contributed by atoms with Gasteiger partial charge < -0.3 is 0 Å². The number of allylic oxidation sites excluding steroid dienone is 1. The van der Waals surface area contributed by atoms with Crippen molar-refractivity contribution in [1.29, 1.82) is 0 Å². The average Bonchev–Trinajstić information content (AvgIpc) is 2.33. The van der Waals surface area contributed by atoms with Gasteiger partial charge in [0.25, 0.3) is 5.92 Å². The lowest BCUT2D eigenvalue weighted by Gasteiger charge is -2.40. The van der Waals surface area contributed by atoms with E-state index in [4.69, 9.17) is 0 Å². The van der Waals surface area contributed by atoms with E-state index in [1.54, 1.807) is 0 Å². The lowest BCUT2D eigenvalue weighted by atomic mass is 9.84. The molecule has 13 heteroatoms. The highest BCUT2D eigenvalue weighted by molar-refractivity contribution is 5.18. The van der Waals surface area contributed by atoms with Gasteiger partial charge in [-0.15, -0.1) is 0 Å². The van der Waals surface area contributed by atoms with Crippen LogP contribution in [-0.4, -0.2) is 36.5 Å². The fraction of sp³-hybridized carbons (Fsp3) is 0.778. The molecule has 0 aromatic rings. The van der Waals surface area contributed by atoms with Crippen molar-refractivity contribution >= 4 is 0 Å². The van der Waals surface area contributed by atoms with Crippen molar-refractivity contribution in [3.63, 3.8) is 0 Å². The largest absolute Gasteiger partial charge is 0.434 e. The second-order valence-electron chi connectivity index (χ2n) is 3.89. The van der Waals surface area contributed by atoms with Crippen LogP contribution in [-0.2, 0) is 0 Å². The SMILES string of the molecule is FCCC(F)(F)C(F)(C(F)(F)F)C(F)(F)C(F)C(F)=C(F)F. The van der Waals surface area contributed by atoms with E-state index in [-0.39, 0.29) is 0 Å². The summed E-state index contributed by atoms with van der Waals surface area (Å²) >= 11 is 0. The zero-order valence-electron chi connectivity index (χ0n) is 9.91. The summed E-state index contributed by atoms with van der Waals surface area (Å²) in [6.45, 7) is -2.43. The predicted molar refractivity (Wildman–Crippen MR) is 45.6 cm³/mol. The van der Waals surface area contributed by atoms with Gasteiger partial charge in [0, 0.05) is 6.42 Å². The zero-order valence-corrected chi connectivity index (χ0v) is 9.91. The molecule has 0 saturated carbocycles. The summed E-state index contributed by atoms with van der Waals surface area (Å²) in [5.41, 5.74) is -7.12. The molecule has 0 radical (unpaired) electrons. The molecule has 0 fully saturated rings. The van der Waals surface area contributed by atoms with Gasteiger partial charge in [-0.25, -0.2) is 22.0 Å². The van der Waals surface area contributed by atoms with Crippen LogP contribution >= 0.6 is 0 Å². The van der Waals surface area contributed by atoms with Gasteiger partial charge in [0.05, 0.1) is 6.67 Å². The van der Waals surface area contributed by atoms with Crippen LogP contribution in [0.2, 0.25) is 0 Å². The van der Waals surface area contributed by atoms with E-state index in [2.05, 4.69) is 0 Å². The van der Waals surface area contributed by atoms with Gasteiger partial charge >= 0.3 is 23.8 Å². The zero-order chi connectivity index (χ0) is 18.1. The summed E-state index contributed by atoms with van der Waals surface area (Å²) in [4.78, 5) is 0. The highest BCUT2D eigenvalue weighted by Crippen LogP contribution is 2.57. The Morgan fingerprint density at radius 2 is 1.23 bits per heavy atom. The molecular weight excluding hydrogens is 355 g/mol. The summed E-state index contributed by atoms with van der Waals surface area (Å²) in [6.07, 6.45) is -19.3. The lowest BCUT2D eigenvalue weighted by Crippen LogP contribution is -2.69. The lowest BCUT2D eigenvalue weighted by molar-refractivity contribution is -0.375.